The Balaban J connectivity index is 2.68. The third kappa shape index (κ3) is 3.63. The quantitative estimate of drug-likeness (QED) is 0.812. The van der Waals surface area contributed by atoms with Gasteiger partial charge in [-0.2, -0.15) is 0 Å². The molecule has 0 spiro atoms. The largest absolute Gasteiger partial charge is 0.398 e. The molecule has 0 fully saturated rings. The first-order chi connectivity index (χ1) is 7.93. The molecule has 3 N–H and O–H groups in total. The molecule has 1 aromatic carbocycles. The van der Waals surface area contributed by atoms with Crippen LogP contribution in [0.1, 0.15) is 31.1 Å². The number of nitrogens with two attached hydrogens (primary N) is 1. The first-order valence-electron chi connectivity index (χ1n) is 5.75. The number of hydrogen-bond acceptors (Lipinski definition) is 2. The highest BCUT2D eigenvalue weighted by atomic mass is 35.5. The molecule has 3 nitrogen and oxygen atoms in total. The van der Waals surface area contributed by atoms with Gasteiger partial charge in [-0.3, -0.25) is 4.79 Å². The van der Waals surface area contributed by atoms with Crippen molar-refractivity contribution in [3.05, 3.63) is 28.8 Å². The standard InChI is InChI=1S/C13H19ClN2O/c1-8(2)9(3)7-16-13(17)10-5-4-6-11(15)12(10)14/h4-6,8-9H,7,15H2,1-3H3,(H,16,17). The lowest BCUT2D eigenvalue weighted by molar-refractivity contribution is 0.0945. The van der Waals surface area contributed by atoms with Crippen LogP contribution in [0.15, 0.2) is 18.2 Å². The topological polar surface area (TPSA) is 55.1 Å². The zero-order chi connectivity index (χ0) is 13.0. The summed E-state index contributed by atoms with van der Waals surface area (Å²) in [5.74, 6) is 0.792. The third-order valence-electron chi connectivity index (χ3n) is 3.00. The number of anilines is 1. The van der Waals surface area contributed by atoms with Crippen molar-refractivity contribution in [2.45, 2.75) is 20.8 Å². The maximum atomic E-state index is 11.9. The van der Waals surface area contributed by atoms with Crippen LogP contribution in [-0.4, -0.2) is 12.5 Å². The van der Waals surface area contributed by atoms with E-state index >= 15 is 0 Å². The van der Waals surface area contributed by atoms with Gasteiger partial charge in [-0.25, -0.2) is 0 Å². The van der Waals surface area contributed by atoms with Crippen molar-refractivity contribution in [3.8, 4) is 0 Å². The van der Waals surface area contributed by atoms with Gasteiger partial charge < -0.3 is 11.1 Å². The van der Waals surface area contributed by atoms with Gasteiger partial charge in [0, 0.05) is 6.54 Å². The van der Waals surface area contributed by atoms with E-state index in [9.17, 15) is 4.79 Å². The number of benzene rings is 1. The average Bonchev–Trinajstić information content (AvgIpc) is 2.29. The summed E-state index contributed by atoms with van der Waals surface area (Å²) < 4.78 is 0. The van der Waals surface area contributed by atoms with E-state index in [2.05, 4.69) is 26.1 Å². The summed E-state index contributed by atoms with van der Waals surface area (Å²) in [5, 5.41) is 3.19. The number of hydrogen-bond donors (Lipinski definition) is 2. The second-order valence-electron chi connectivity index (χ2n) is 4.64. The Kier molecular flexibility index (Phi) is 4.82. The molecule has 1 amide bonds. The van der Waals surface area contributed by atoms with E-state index < -0.39 is 0 Å². The Morgan fingerprint density at radius 1 is 1.41 bits per heavy atom. The molecule has 0 bridgehead atoms. The van der Waals surface area contributed by atoms with E-state index in [1.165, 1.54) is 0 Å². The maximum Gasteiger partial charge on any atom is 0.252 e. The van der Waals surface area contributed by atoms with E-state index in [1.807, 2.05) is 0 Å². The average molecular weight is 255 g/mol. The molecule has 0 heterocycles. The van der Waals surface area contributed by atoms with Crippen molar-refractivity contribution in [3.63, 3.8) is 0 Å². The van der Waals surface area contributed by atoms with E-state index in [0.717, 1.165) is 0 Å². The van der Waals surface area contributed by atoms with E-state index in [1.54, 1.807) is 18.2 Å². The number of halogens is 1. The molecule has 0 saturated heterocycles. The van der Waals surface area contributed by atoms with E-state index in [4.69, 9.17) is 17.3 Å². The monoisotopic (exact) mass is 254 g/mol. The molecule has 0 saturated carbocycles. The number of carbonyl (C=O) groups excluding carboxylic acids is 1. The van der Waals surface area contributed by atoms with Crippen LogP contribution in [0.5, 0.6) is 0 Å². The number of nitrogen functional groups attached to an aromatic ring is 1. The smallest absolute Gasteiger partial charge is 0.252 e. The Labute approximate surface area is 107 Å². The lowest BCUT2D eigenvalue weighted by atomic mass is 9.98. The summed E-state index contributed by atoms with van der Waals surface area (Å²) in [7, 11) is 0. The van der Waals surface area contributed by atoms with Crippen molar-refractivity contribution in [2.75, 3.05) is 12.3 Å². The first kappa shape index (κ1) is 13.8. The van der Waals surface area contributed by atoms with Gasteiger partial charge in [-0.05, 0) is 24.0 Å². The fourth-order valence-corrected chi connectivity index (χ4v) is 1.52. The molecule has 1 aromatic rings. The Morgan fingerprint density at radius 3 is 2.65 bits per heavy atom. The SMILES string of the molecule is CC(C)C(C)CNC(=O)c1cccc(N)c1Cl. The van der Waals surface area contributed by atoms with Crippen LogP contribution in [0.4, 0.5) is 5.69 Å². The normalized spacial score (nSPS) is 12.5. The minimum Gasteiger partial charge on any atom is -0.398 e. The summed E-state index contributed by atoms with van der Waals surface area (Å²) in [4.78, 5) is 11.9. The number of rotatable bonds is 4. The molecular formula is C13H19ClN2O. The molecule has 1 rings (SSSR count). The Hall–Kier alpha value is -1.22. The van der Waals surface area contributed by atoms with Crippen LogP contribution in [0, 0.1) is 11.8 Å². The summed E-state index contributed by atoms with van der Waals surface area (Å²) in [5.41, 5.74) is 6.51. The molecule has 0 aliphatic heterocycles. The minimum atomic E-state index is -0.171. The van der Waals surface area contributed by atoms with E-state index in [-0.39, 0.29) is 5.91 Å². The lowest BCUT2D eigenvalue weighted by Gasteiger charge is -2.16. The van der Waals surface area contributed by atoms with Crippen molar-refractivity contribution in [1.29, 1.82) is 0 Å². The lowest BCUT2D eigenvalue weighted by Crippen LogP contribution is -2.30. The molecule has 1 unspecified atom stereocenters. The molecule has 0 aromatic heterocycles. The van der Waals surface area contributed by atoms with Crippen LogP contribution >= 0.6 is 11.6 Å². The Morgan fingerprint density at radius 2 is 2.06 bits per heavy atom. The summed E-state index contributed by atoms with van der Waals surface area (Å²) in [6, 6.07) is 5.08. The van der Waals surface area contributed by atoms with Gasteiger partial charge in [0.2, 0.25) is 0 Å². The van der Waals surface area contributed by atoms with Crippen molar-refractivity contribution in [1.82, 2.24) is 5.32 Å². The molecule has 94 valence electrons. The van der Waals surface area contributed by atoms with Crippen molar-refractivity contribution < 1.29 is 4.79 Å². The van der Waals surface area contributed by atoms with Crippen LogP contribution in [-0.2, 0) is 0 Å². The summed E-state index contributed by atoms with van der Waals surface area (Å²) in [6.07, 6.45) is 0. The number of amides is 1. The predicted molar refractivity (Wildman–Crippen MR) is 72.2 cm³/mol. The highest BCUT2D eigenvalue weighted by Gasteiger charge is 2.14. The van der Waals surface area contributed by atoms with Gasteiger partial charge in [0.25, 0.3) is 5.91 Å². The van der Waals surface area contributed by atoms with Crippen LogP contribution in [0.2, 0.25) is 5.02 Å². The predicted octanol–water partition coefficient (Wildman–Crippen LogP) is 2.94. The van der Waals surface area contributed by atoms with Crippen LogP contribution < -0.4 is 11.1 Å². The fraction of sp³-hybridized carbons (Fsp3) is 0.462. The zero-order valence-corrected chi connectivity index (χ0v) is 11.2. The Bertz CT molecular complexity index is 404. The second-order valence-corrected chi connectivity index (χ2v) is 5.02. The molecule has 1 atom stereocenters. The maximum absolute atomic E-state index is 11.9. The van der Waals surface area contributed by atoms with Gasteiger partial charge in [0.05, 0.1) is 16.3 Å². The molecule has 0 aliphatic rings. The highest BCUT2D eigenvalue weighted by Crippen LogP contribution is 2.22. The zero-order valence-electron chi connectivity index (χ0n) is 10.5. The highest BCUT2D eigenvalue weighted by molar-refractivity contribution is 6.36. The van der Waals surface area contributed by atoms with Gasteiger partial charge >= 0.3 is 0 Å². The van der Waals surface area contributed by atoms with Gasteiger partial charge in [-0.15, -0.1) is 0 Å². The number of nitrogens with one attached hydrogen (secondary N) is 1. The molecule has 0 aliphatic carbocycles. The molecule has 17 heavy (non-hydrogen) atoms. The van der Waals surface area contributed by atoms with Crippen molar-refractivity contribution >= 4 is 23.2 Å². The number of carbonyl (C=O) groups is 1. The van der Waals surface area contributed by atoms with Crippen LogP contribution in [0.25, 0.3) is 0 Å². The second kappa shape index (κ2) is 5.92. The summed E-state index contributed by atoms with van der Waals surface area (Å²) in [6.45, 7) is 7.00. The molecular weight excluding hydrogens is 236 g/mol. The first-order valence-corrected chi connectivity index (χ1v) is 6.13. The van der Waals surface area contributed by atoms with Crippen molar-refractivity contribution in [2.24, 2.45) is 11.8 Å². The van der Waals surface area contributed by atoms with Gasteiger partial charge in [0.15, 0.2) is 0 Å². The van der Waals surface area contributed by atoms with E-state index in [0.29, 0.717) is 34.7 Å². The summed E-state index contributed by atoms with van der Waals surface area (Å²) >= 11 is 5.98. The molecule has 4 heteroatoms. The minimum absolute atomic E-state index is 0.171. The fourth-order valence-electron chi connectivity index (χ4n) is 1.31. The molecule has 0 radical (unpaired) electrons. The third-order valence-corrected chi connectivity index (χ3v) is 3.42. The van der Waals surface area contributed by atoms with Crippen LogP contribution in [0.3, 0.4) is 0 Å². The van der Waals surface area contributed by atoms with Gasteiger partial charge in [-0.1, -0.05) is 38.4 Å². The van der Waals surface area contributed by atoms with Gasteiger partial charge in [0.1, 0.15) is 0 Å².